The fraction of sp³-hybridized carbons (Fsp3) is 0.316. The molecule has 0 unspecified atom stereocenters. The predicted octanol–water partition coefficient (Wildman–Crippen LogP) is 3.05. The van der Waals surface area contributed by atoms with Crippen LogP contribution in [0.5, 0.6) is 5.75 Å². The molecule has 1 aromatic carbocycles. The third-order valence-electron chi connectivity index (χ3n) is 4.94. The molecule has 0 saturated carbocycles. The van der Waals surface area contributed by atoms with Gasteiger partial charge in [0.2, 0.25) is 5.91 Å². The Bertz CT molecular complexity index is 1020. The molecule has 0 atom stereocenters. The minimum Gasteiger partial charge on any atom is -0.495 e. The standard InChI is InChI=1S/C19H19ClIN5O2/c1-28-17-10-13(2-3-15(17)20)24-6-8-25(9-7-24)18(27)12-26-16-4-5-22-19(21)14(16)11-23-26/h2-5,10-11H,6-9,12H2,1H3. The molecule has 0 spiro atoms. The number of carbonyl (C=O) groups excluding carboxylic acids is 1. The van der Waals surface area contributed by atoms with E-state index in [2.05, 4.69) is 37.6 Å². The Morgan fingerprint density at radius 3 is 2.79 bits per heavy atom. The molecule has 0 radical (unpaired) electrons. The number of aromatic nitrogens is 3. The van der Waals surface area contributed by atoms with E-state index < -0.39 is 0 Å². The van der Waals surface area contributed by atoms with Crippen LogP contribution >= 0.6 is 34.2 Å². The first-order valence-corrected chi connectivity index (χ1v) is 10.3. The SMILES string of the molecule is COc1cc(N2CCN(C(=O)Cn3ncc4c(I)nccc43)CC2)ccc1Cl. The van der Waals surface area contributed by atoms with Crippen LogP contribution < -0.4 is 9.64 Å². The largest absolute Gasteiger partial charge is 0.495 e. The molecule has 3 heterocycles. The smallest absolute Gasteiger partial charge is 0.244 e. The minimum absolute atomic E-state index is 0.0742. The summed E-state index contributed by atoms with van der Waals surface area (Å²) in [5, 5.41) is 5.93. The van der Waals surface area contributed by atoms with Gasteiger partial charge in [-0.3, -0.25) is 9.48 Å². The molecule has 1 saturated heterocycles. The normalized spacial score (nSPS) is 14.5. The number of pyridine rings is 1. The maximum atomic E-state index is 12.8. The minimum atomic E-state index is 0.0742. The van der Waals surface area contributed by atoms with E-state index in [0.717, 1.165) is 33.4 Å². The quantitative estimate of drug-likeness (QED) is 0.398. The first-order valence-electron chi connectivity index (χ1n) is 8.89. The fourth-order valence-electron chi connectivity index (χ4n) is 3.39. The highest BCUT2D eigenvalue weighted by Gasteiger charge is 2.23. The predicted molar refractivity (Wildman–Crippen MR) is 117 cm³/mol. The molecule has 0 aliphatic carbocycles. The highest BCUT2D eigenvalue weighted by atomic mass is 127. The zero-order valence-electron chi connectivity index (χ0n) is 15.3. The maximum Gasteiger partial charge on any atom is 0.244 e. The lowest BCUT2D eigenvalue weighted by molar-refractivity contribution is -0.132. The van der Waals surface area contributed by atoms with Gasteiger partial charge >= 0.3 is 0 Å². The summed E-state index contributed by atoms with van der Waals surface area (Å²) in [6.07, 6.45) is 3.51. The molecule has 1 amide bonds. The number of ether oxygens (including phenoxy) is 1. The monoisotopic (exact) mass is 511 g/mol. The van der Waals surface area contributed by atoms with Gasteiger partial charge in [0.05, 0.1) is 29.2 Å². The van der Waals surface area contributed by atoms with Crippen molar-refractivity contribution in [3.63, 3.8) is 0 Å². The number of piperazine rings is 1. The number of hydrogen-bond donors (Lipinski definition) is 0. The lowest BCUT2D eigenvalue weighted by atomic mass is 10.2. The molecule has 28 heavy (non-hydrogen) atoms. The number of hydrogen-bond acceptors (Lipinski definition) is 5. The van der Waals surface area contributed by atoms with Crippen molar-refractivity contribution in [1.29, 1.82) is 0 Å². The van der Waals surface area contributed by atoms with Crippen LogP contribution in [0, 0.1) is 3.70 Å². The van der Waals surface area contributed by atoms with E-state index in [1.54, 1.807) is 24.2 Å². The average Bonchev–Trinajstić information content (AvgIpc) is 3.13. The highest BCUT2D eigenvalue weighted by Crippen LogP contribution is 2.29. The van der Waals surface area contributed by atoms with Crippen LogP contribution in [0.3, 0.4) is 0 Å². The maximum absolute atomic E-state index is 12.8. The van der Waals surface area contributed by atoms with Crippen molar-refractivity contribution in [2.45, 2.75) is 6.54 Å². The van der Waals surface area contributed by atoms with Crippen LogP contribution in [-0.2, 0) is 11.3 Å². The molecule has 9 heteroatoms. The van der Waals surface area contributed by atoms with Gasteiger partial charge in [-0.15, -0.1) is 0 Å². The molecule has 4 rings (SSSR count). The van der Waals surface area contributed by atoms with E-state index >= 15 is 0 Å². The molecule has 146 valence electrons. The Labute approximate surface area is 181 Å². The topological polar surface area (TPSA) is 63.5 Å². The fourth-order valence-corrected chi connectivity index (χ4v) is 4.16. The van der Waals surface area contributed by atoms with Gasteiger partial charge in [-0.2, -0.15) is 5.10 Å². The molecule has 2 aromatic heterocycles. The van der Waals surface area contributed by atoms with Gasteiger partial charge in [-0.25, -0.2) is 4.98 Å². The zero-order chi connectivity index (χ0) is 19.7. The van der Waals surface area contributed by atoms with Crippen LogP contribution in [0.25, 0.3) is 10.9 Å². The second-order valence-electron chi connectivity index (χ2n) is 6.52. The van der Waals surface area contributed by atoms with Gasteiger partial charge in [0, 0.05) is 44.1 Å². The Morgan fingerprint density at radius 1 is 1.25 bits per heavy atom. The van der Waals surface area contributed by atoms with Crippen LogP contribution in [0.1, 0.15) is 0 Å². The van der Waals surface area contributed by atoms with E-state index in [0.29, 0.717) is 23.9 Å². The first kappa shape index (κ1) is 19.3. The third-order valence-corrected chi connectivity index (χ3v) is 6.11. The van der Waals surface area contributed by atoms with Crippen molar-refractivity contribution in [1.82, 2.24) is 19.7 Å². The van der Waals surface area contributed by atoms with Crippen molar-refractivity contribution in [2.75, 3.05) is 38.2 Å². The molecule has 1 aliphatic heterocycles. The number of nitrogens with zero attached hydrogens (tertiary/aromatic N) is 5. The Balaban J connectivity index is 1.40. The van der Waals surface area contributed by atoms with Crippen LogP contribution in [0.15, 0.2) is 36.7 Å². The lowest BCUT2D eigenvalue weighted by Gasteiger charge is -2.36. The number of anilines is 1. The first-order chi connectivity index (χ1) is 13.6. The second kappa shape index (κ2) is 8.12. The summed E-state index contributed by atoms with van der Waals surface area (Å²) in [5.41, 5.74) is 1.98. The Kier molecular flexibility index (Phi) is 5.58. The number of amides is 1. The molecule has 0 bridgehead atoms. The average molecular weight is 512 g/mol. The lowest BCUT2D eigenvalue weighted by Crippen LogP contribution is -2.49. The molecule has 1 fully saturated rings. The van der Waals surface area contributed by atoms with Crippen molar-refractivity contribution < 1.29 is 9.53 Å². The van der Waals surface area contributed by atoms with Crippen LogP contribution in [0.4, 0.5) is 5.69 Å². The number of fused-ring (bicyclic) bond motifs is 1. The summed E-state index contributed by atoms with van der Waals surface area (Å²) in [6, 6.07) is 7.65. The van der Waals surface area contributed by atoms with Crippen molar-refractivity contribution >= 4 is 56.7 Å². The van der Waals surface area contributed by atoms with Crippen molar-refractivity contribution in [3.8, 4) is 5.75 Å². The van der Waals surface area contributed by atoms with Crippen LogP contribution in [-0.4, -0.2) is 58.9 Å². The summed E-state index contributed by atoms with van der Waals surface area (Å²) in [7, 11) is 1.61. The summed E-state index contributed by atoms with van der Waals surface area (Å²) >= 11 is 8.29. The number of methoxy groups -OCH3 is 1. The molecule has 1 aliphatic rings. The van der Waals surface area contributed by atoms with Crippen molar-refractivity contribution in [3.05, 3.63) is 45.4 Å². The zero-order valence-corrected chi connectivity index (χ0v) is 18.2. The molecule has 7 nitrogen and oxygen atoms in total. The van der Waals surface area contributed by atoms with Gasteiger partial charge in [0.1, 0.15) is 16.0 Å². The van der Waals surface area contributed by atoms with E-state index in [1.807, 2.05) is 29.2 Å². The number of benzene rings is 1. The molecule has 0 N–H and O–H groups in total. The number of carbonyl (C=O) groups is 1. The van der Waals surface area contributed by atoms with Gasteiger partial charge in [0.15, 0.2) is 0 Å². The van der Waals surface area contributed by atoms with Gasteiger partial charge in [0.25, 0.3) is 0 Å². The van der Waals surface area contributed by atoms with E-state index in [-0.39, 0.29) is 12.5 Å². The second-order valence-corrected chi connectivity index (χ2v) is 7.95. The van der Waals surface area contributed by atoms with Crippen LogP contribution in [0.2, 0.25) is 5.02 Å². The Morgan fingerprint density at radius 2 is 2.04 bits per heavy atom. The summed E-state index contributed by atoms with van der Waals surface area (Å²) < 4.78 is 7.94. The molecular weight excluding hydrogens is 493 g/mol. The van der Waals surface area contributed by atoms with Gasteiger partial charge in [-0.1, -0.05) is 11.6 Å². The van der Waals surface area contributed by atoms with E-state index in [9.17, 15) is 4.79 Å². The molecule has 3 aromatic rings. The Hall–Kier alpha value is -2.07. The molecular formula is C19H19ClIN5O2. The van der Waals surface area contributed by atoms with Gasteiger partial charge < -0.3 is 14.5 Å². The van der Waals surface area contributed by atoms with E-state index in [4.69, 9.17) is 16.3 Å². The van der Waals surface area contributed by atoms with Gasteiger partial charge in [-0.05, 0) is 40.8 Å². The third kappa shape index (κ3) is 3.75. The number of rotatable bonds is 4. The highest BCUT2D eigenvalue weighted by molar-refractivity contribution is 14.1. The summed E-state index contributed by atoms with van der Waals surface area (Å²) in [6.45, 7) is 3.10. The van der Waals surface area contributed by atoms with Crippen molar-refractivity contribution in [2.24, 2.45) is 0 Å². The van der Waals surface area contributed by atoms with E-state index in [1.165, 1.54) is 0 Å². The summed E-state index contributed by atoms with van der Waals surface area (Å²) in [4.78, 5) is 21.2. The number of halogens is 2. The summed E-state index contributed by atoms with van der Waals surface area (Å²) in [5.74, 6) is 0.734.